The van der Waals surface area contributed by atoms with E-state index in [1.54, 1.807) is 0 Å². The number of hydrogen-bond acceptors (Lipinski definition) is 4. The van der Waals surface area contributed by atoms with Crippen LogP contribution in [-0.4, -0.2) is 15.0 Å². The second-order valence-corrected chi connectivity index (χ2v) is 13.5. The molecule has 0 unspecified atom stereocenters. The molecule has 0 aliphatic rings. The van der Waals surface area contributed by atoms with Crippen molar-refractivity contribution in [1.29, 1.82) is 0 Å². The zero-order valence-electron chi connectivity index (χ0n) is 28.3. The summed E-state index contributed by atoms with van der Waals surface area (Å²) in [5.74, 6) is 0. The molecule has 0 atom stereocenters. The predicted octanol–water partition coefficient (Wildman–Crippen LogP) is 11.4. The standard InChI is InChI=1S/C22H15N2O.C22H22N.Ir/c1-13-6-9-20(24-11-13)18-5-3-4-16-17-8-7-15-10-14(2)23-12-19(15)22(17)25-21(16)18;1-22(2,3)16-17-9-11-18(12-10-17)20-13-14-23-21(15-20)19-7-5-4-6-8-19;/h3-4,6-12H,1-2H3;4-7,9-15H,16H2,1-3H3;/q2*-1;. The Morgan fingerprint density at radius 2 is 1.47 bits per heavy atom. The summed E-state index contributed by atoms with van der Waals surface area (Å²) >= 11 is 0. The van der Waals surface area contributed by atoms with Gasteiger partial charge in [0.1, 0.15) is 5.58 Å². The Kier molecular flexibility index (Phi) is 9.87. The molecular formula is C44H37IrN3O-2. The SMILES string of the molecule is CC(C)(C)Cc1ccc(-c2ccnc(-c3[c-]cccc3)c2)cc1.Cc1ccc(-c2[c-]ccc3c2oc2c4cnc(C)cc4ccc32)nc1.[Ir]. The van der Waals surface area contributed by atoms with E-state index in [2.05, 4.69) is 109 Å². The molecule has 0 N–H and O–H groups in total. The summed E-state index contributed by atoms with van der Waals surface area (Å²) in [6, 6.07) is 41.9. The smallest absolute Gasteiger partial charge is 0.130 e. The van der Waals surface area contributed by atoms with Crippen molar-refractivity contribution in [1.82, 2.24) is 15.0 Å². The number of furan rings is 1. The van der Waals surface area contributed by atoms with E-state index in [0.717, 1.165) is 72.9 Å². The third-order valence-corrected chi connectivity index (χ3v) is 8.37. The minimum Gasteiger partial charge on any atom is -0.500 e. The van der Waals surface area contributed by atoms with Crippen LogP contribution in [-0.2, 0) is 26.5 Å². The normalized spacial score (nSPS) is 11.3. The zero-order chi connectivity index (χ0) is 33.3. The van der Waals surface area contributed by atoms with Gasteiger partial charge in [-0.2, -0.15) is 0 Å². The second-order valence-electron chi connectivity index (χ2n) is 13.5. The van der Waals surface area contributed by atoms with Gasteiger partial charge in [-0.15, -0.1) is 54.1 Å². The van der Waals surface area contributed by atoms with Crippen LogP contribution in [0, 0.1) is 31.4 Å². The van der Waals surface area contributed by atoms with E-state index >= 15 is 0 Å². The van der Waals surface area contributed by atoms with Crippen molar-refractivity contribution >= 4 is 32.7 Å². The molecular weight excluding hydrogens is 779 g/mol. The maximum Gasteiger partial charge on any atom is 0.130 e. The second kappa shape index (κ2) is 14.3. The summed E-state index contributed by atoms with van der Waals surface area (Å²) in [6.07, 6.45) is 6.72. The first kappa shape index (κ1) is 33.9. The summed E-state index contributed by atoms with van der Waals surface area (Å²) in [7, 11) is 0. The molecule has 0 fully saturated rings. The van der Waals surface area contributed by atoms with Crippen molar-refractivity contribution in [2.45, 2.75) is 41.0 Å². The molecule has 0 saturated heterocycles. The van der Waals surface area contributed by atoms with Crippen molar-refractivity contribution in [2.24, 2.45) is 5.41 Å². The van der Waals surface area contributed by atoms with E-state index in [1.807, 2.05) is 74.9 Å². The van der Waals surface area contributed by atoms with Gasteiger partial charge < -0.3 is 14.4 Å². The van der Waals surface area contributed by atoms with Crippen LogP contribution in [0.4, 0.5) is 0 Å². The number of hydrogen-bond donors (Lipinski definition) is 0. The number of nitrogens with zero attached hydrogens (tertiary/aromatic N) is 3. The molecule has 1 radical (unpaired) electrons. The Morgan fingerprint density at radius 1 is 0.653 bits per heavy atom. The summed E-state index contributed by atoms with van der Waals surface area (Å²) in [6.45, 7) is 10.8. The van der Waals surface area contributed by atoms with Crippen LogP contribution >= 0.6 is 0 Å². The van der Waals surface area contributed by atoms with E-state index < -0.39 is 0 Å². The van der Waals surface area contributed by atoms with Crippen LogP contribution in [0.2, 0.25) is 0 Å². The molecule has 8 rings (SSSR count). The third kappa shape index (κ3) is 7.54. The van der Waals surface area contributed by atoms with E-state index in [4.69, 9.17) is 4.42 Å². The molecule has 0 saturated carbocycles. The fourth-order valence-electron chi connectivity index (χ4n) is 6.07. The molecule has 5 heteroatoms. The molecule has 245 valence electrons. The average molecular weight is 816 g/mol. The van der Waals surface area contributed by atoms with Crippen molar-refractivity contribution in [3.63, 3.8) is 0 Å². The number of aromatic nitrogens is 3. The van der Waals surface area contributed by atoms with Crippen LogP contribution in [0.15, 0.2) is 126 Å². The fraction of sp³-hybridized carbons (Fsp3) is 0.159. The predicted molar refractivity (Wildman–Crippen MR) is 198 cm³/mol. The first-order valence-corrected chi connectivity index (χ1v) is 16.3. The van der Waals surface area contributed by atoms with Gasteiger partial charge in [0, 0.05) is 55.2 Å². The largest absolute Gasteiger partial charge is 0.500 e. The minimum absolute atomic E-state index is 0. The molecule has 8 aromatic rings. The van der Waals surface area contributed by atoms with E-state index in [9.17, 15) is 0 Å². The molecule has 4 aromatic heterocycles. The minimum atomic E-state index is 0. The van der Waals surface area contributed by atoms with Gasteiger partial charge in [-0.1, -0.05) is 86.3 Å². The van der Waals surface area contributed by atoms with Crippen molar-refractivity contribution in [3.8, 4) is 33.6 Å². The van der Waals surface area contributed by atoms with Gasteiger partial charge in [-0.3, -0.25) is 4.98 Å². The van der Waals surface area contributed by atoms with Gasteiger partial charge >= 0.3 is 0 Å². The Balaban J connectivity index is 0.000000167. The number of pyridine rings is 3. The molecule has 0 aliphatic heterocycles. The molecule has 0 amide bonds. The maximum atomic E-state index is 6.31. The first-order chi connectivity index (χ1) is 23.2. The monoisotopic (exact) mass is 816 g/mol. The van der Waals surface area contributed by atoms with E-state index in [0.29, 0.717) is 5.41 Å². The zero-order valence-corrected chi connectivity index (χ0v) is 30.7. The van der Waals surface area contributed by atoms with Crippen LogP contribution in [0.25, 0.3) is 66.4 Å². The van der Waals surface area contributed by atoms with Crippen LogP contribution in [0.5, 0.6) is 0 Å². The Hall–Kier alpha value is -4.96. The molecule has 4 heterocycles. The fourth-order valence-corrected chi connectivity index (χ4v) is 6.07. The van der Waals surface area contributed by atoms with Gasteiger partial charge in [-0.05, 0) is 76.8 Å². The van der Waals surface area contributed by atoms with Crippen molar-refractivity contribution < 1.29 is 24.5 Å². The molecule has 49 heavy (non-hydrogen) atoms. The summed E-state index contributed by atoms with van der Waals surface area (Å²) in [5.41, 5.74) is 11.7. The number of aryl methyl sites for hydroxylation is 2. The van der Waals surface area contributed by atoms with Crippen molar-refractivity contribution in [3.05, 3.63) is 151 Å². The Bertz CT molecular complexity index is 2350. The maximum absolute atomic E-state index is 6.31. The van der Waals surface area contributed by atoms with Crippen LogP contribution in [0.1, 0.15) is 37.6 Å². The summed E-state index contributed by atoms with van der Waals surface area (Å²) in [4.78, 5) is 13.4. The first-order valence-electron chi connectivity index (χ1n) is 16.3. The Morgan fingerprint density at radius 3 is 2.20 bits per heavy atom. The average Bonchev–Trinajstić information content (AvgIpc) is 3.48. The Labute approximate surface area is 301 Å². The third-order valence-electron chi connectivity index (χ3n) is 8.37. The van der Waals surface area contributed by atoms with E-state index in [-0.39, 0.29) is 20.1 Å². The number of benzene rings is 4. The summed E-state index contributed by atoms with van der Waals surface area (Å²) in [5, 5.41) is 4.34. The molecule has 4 nitrogen and oxygen atoms in total. The van der Waals surface area contributed by atoms with Gasteiger partial charge in [0.05, 0.1) is 5.58 Å². The van der Waals surface area contributed by atoms with Gasteiger partial charge in [-0.25, -0.2) is 0 Å². The molecule has 4 aromatic carbocycles. The topological polar surface area (TPSA) is 51.8 Å². The molecule has 0 bridgehead atoms. The van der Waals surface area contributed by atoms with Crippen LogP contribution < -0.4 is 0 Å². The van der Waals surface area contributed by atoms with Crippen LogP contribution in [0.3, 0.4) is 0 Å². The van der Waals surface area contributed by atoms with Crippen molar-refractivity contribution in [2.75, 3.05) is 0 Å². The van der Waals surface area contributed by atoms with Gasteiger partial charge in [0.2, 0.25) is 0 Å². The summed E-state index contributed by atoms with van der Waals surface area (Å²) < 4.78 is 6.31. The van der Waals surface area contributed by atoms with E-state index in [1.165, 1.54) is 16.7 Å². The number of rotatable bonds is 4. The quantitative estimate of drug-likeness (QED) is 0.166. The van der Waals surface area contributed by atoms with Gasteiger partial charge in [0.15, 0.2) is 0 Å². The number of fused-ring (bicyclic) bond motifs is 5. The molecule has 0 aliphatic carbocycles. The van der Waals surface area contributed by atoms with Gasteiger partial charge in [0.25, 0.3) is 0 Å². The molecule has 0 spiro atoms.